The third kappa shape index (κ3) is 3.33. The van der Waals surface area contributed by atoms with Gasteiger partial charge in [0.15, 0.2) is 0 Å². The van der Waals surface area contributed by atoms with Gasteiger partial charge in [-0.05, 0) is 42.2 Å². The van der Waals surface area contributed by atoms with Crippen LogP contribution in [0.5, 0.6) is 0 Å². The van der Waals surface area contributed by atoms with Crippen LogP contribution >= 0.6 is 27.5 Å². The van der Waals surface area contributed by atoms with E-state index in [1.807, 2.05) is 24.3 Å². The van der Waals surface area contributed by atoms with E-state index in [9.17, 15) is 9.18 Å². The molecule has 1 fully saturated rings. The summed E-state index contributed by atoms with van der Waals surface area (Å²) in [5.74, 6) is -0.276. The number of hydrogen-bond donors (Lipinski definition) is 1. The van der Waals surface area contributed by atoms with E-state index in [0.29, 0.717) is 10.6 Å². The zero-order chi connectivity index (χ0) is 15.7. The third-order valence-corrected chi connectivity index (χ3v) is 4.73. The normalized spacial score (nSPS) is 19.8. The van der Waals surface area contributed by atoms with Crippen molar-refractivity contribution in [1.82, 2.24) is 5.32 Å². The van der Waals surface area contributed by atoms with E-state index in [0.717, 1.165) is 16.5 Å². The van der Waals surface area contributed by atoms with Gasteiger partial charge in [-0.2, -0.15) is 0 Å². The second kappa shape index (κ2) is 6.39. The molecule has 5 heteroatoms. The molecule has 2 aromatic carbocycles. The fourth-order valence-electron chi connectivity index (χ4n) is 2.60. The Bertz CT molecular complexity index is 722. The van der Waals surface area contributed by atoms with Gasteiger partial charge < -0.3 is 5.32 Å². The fourth-order valence-corrected chi connectivity index (χ4v) is 3.28. The molecule has 2 nitrogen and oxygen atoms in total. The molecule has 0 heterocycles. The largest absolute Gasteiger partial charge is 0.352 e. The maximum atomic E-state index is 13.6. The van der Waals surface area contributed by atoms with Crippen LogP contribution in [-0.2, 0) is 11.3 Å². The average Bonchev–Trinajstić information content (AvgIpc) is 3.29. The Morgan fingerprint density at radius 1 is 1.32 bits per heavy atom. The number of rotatable bonds is 4. The summed E-state index contributed by atoms with van der Waals surface area (Å²) in [6.45, 7) is 0.190. The van der Waals surface area contributed by atoms with Crippen LogP contribution in [0.4, 0.5) is 4.39 Å². The topological polar surface area (TPSA) is 29.1 Å². The van der Waals surface area contributed by atoms with Crippen molar-refractivity contribution in [2.45, 2.75) is 18.9 Å². The molecule has 1 aliphatic rings. The van der Waals surface area contributed by atoms with Gasteiger partial charge in [0.05, 0.1) is 0 Å². The number of carbonyl (C=O) groups excluding carboxylic acids is 1. The molecule has 22 heavy (non-hydrogen) atoms. The van der Waals surface area contributed by atoms with Crippen molar-refractivity contribution in [2.75, 3.05) is 0 Å². The minimum Gasteiger partial charge on any atom is -0.352 e. The van der Waals surface area contributed by atoms with Gasteiger partial charge in [0.2, 0.25) is 5.91 Å². The van der Waals surface area contributed by atoms with Crippen molar-refractivity contribution in [3.63, 3.8) is 0 Å². The number of halogens is 3. The van der Waals surface area contributed by atoms with Gasteiger partial charge in [0.1, 0.15) is 5.82 Å². The van der Waals surface area contributed by atoms with E-state index in [-0.39, 0.29) is 30.1 Å². The van der Waals surface area contributed by atoms with Crippen LogP contribution in [0.3, 0.4) is 0 Å². The highest BCUT2D eigenvalue weighted by atomic mass is 79.9. The van der Waals surface area contributed by atoms with Crippen LogP contribution in [-0.4, -0.2) is 5.91 Å². The molecule has 0 aliphatic heterocycles. The summed E-state index contributed by atoms with van der Waals surface area (Å²) in [4.78, 5) is 12.2. The summed E-state index contributed by atoms with van der Waals surface area (Å²) >= 11 is 9.45. The summed E-state index contributed by atoms with van der Waals surface area (Å²) < 4.78 is 14.4. The average molecular weight is 383 g/mol. The molecule has 0 bridgehead atoms. The molecule has 3 rings (SSSR count). The molecule has 1 saturated carbocycles. The van der Waals surface area contributed by atoms with Crippen LogP contribution in [0.2, 0.25) is 5.02 Å². The Balaban J connectivity index is 1.60. The van der Waals surface area contributed by atoms with E-state index in [4.69, 9.17) is 11.6 Å². The molecule has 2 atom stereocenters. The van der Waals surface area contributed by atoms with Gasteiger partial charge in [-0.3, -0.25) is 4.79 Å². The van der Waals surface area contributed by atoms with Crippen molar-refractivity contribution in [2.24, 2.45) is 5.92 Å². The summed E-state index contributed by atoms with van der Waals surface area (Å²) in [5.41, 5.74) is 1.48. The lowest BCUT2D eigenvalue weighted by atomic mass is 10.1. The highest BCUT2D eigenvalue weighted by Crippen LogP contribution is 2.49. The van der Waals surface area contributed by atoms with Crippen LogP contribution in [0, 0.1) is 11.7 Å². The minimum absolute atomic E-state index is 0.0516. The quantitative estimate of drug-likeness (QED) is 0.818. The van der Waals surface area contributed by atoms with E-state index in [1.165, 1.54) is 6.07 Å². The standard InChI is InChI=1S/C17H14BrClFNO/c18-11-5-6-16(20)10(7-11)9-21-17(22)14-8-13(14)12-3-1-2-4-15(12)19/h1-7,13-14H,8-9H2,(H,21,22). The van der Waals surface area contributed by atoms with Gasteiger partial charge in [-0.1, -0.05) is 45.7 Å². The van der Waals surface area contributed by atoms with Crippen LogP contribution in [0.15, 0.2) is 46.9 Å². The van der Waals surface area contributed by atoms with Gasteiger partial charge in [-0.25, -0.2) is 4.39 Å². The Morgan fingerprint density at radius 3 is 2.86 bits per heavy atom. The van der Waals surface area contributed by atoms with E-state index >= 15 is 0 Å². The molecular weight excluding hydrogens is 369 g/mol. The first-order chi connectivity index (χ1) is 10.6. The Morgan fingerprint density at radius 2 is 2.09 bits per heavy atom. The lowest BCUT2D eigenvalue weighted by Gasteiger charge is -2.07. The second-order valence-electron chi connectivity index (χ2n) is 5.42. The Hall–Kier alpha value is -1.39. The molecular formula is C17H14BrClFNO. The molecule has 2 unspecified atom stereocenters. The van der Waals surface area contributed by atoms with Gasteiger partial charge in [-0.15, -0.1) is 0 Å². The molecule has 1 aliphatic carbocycles. The van der Waals surface area contributed by atoms with Gasteiger partial charge in [0.25, 0.3) is 0 Å². The van der Waals surface area contributed by atoms with E-state index in [2.05, 4.69) is 21.2 Å². The number of carbonyl (C=O) groups is 1. The molecule has 0 saturated heterocycles. The zero-order valence-corrected chi connectivity index (χ0v) is 14.0. The third-order valence-electron chi connectivity index (χ3n) is 3.89. The molecule has 1 N–H and O–H groups in total. The number of hydrogen-bond acceptors (Lipinski definition) is 1. The van der Waals surface area contributed by atoms with Crippen LogP contribution in [0.25, 0.3) is 0 Å². The molecule has 114 valence electrons. The Kier molecular flexibility index (Phi) is 4.50. The maximum Gasteiger partial charge on any atom is 0.224 e. The van der Waals surface area contributed by atoms with Crippen molar-refractivity contribution in [3.8, 4) is 0 Å². The predicted molar refractivity (Wildman–Crippen MR) is 88.2 cm³/mol. The summed E-state index contributed by atoms with van der Waals surface area (Å²) in [7, 11) is 0. The smallest absolute Gasteiger partial charge is 0.224 e. The molecule has 0 radical (unpaired) electrons. The molecule has 0 spiro atoms. The van der Waals surface area contributed by atoms with E-state index < -0.39 is 0 Å². The number of nitrogens with one attached hydrogen (secondary N) is 1. The van der Waals surface area contributed by atoms with Crippen molar-refractivity contribution in [3.05, 3.63) is 68.9 Å². The van der Waals surface area contributed by atoms with Gasteiger partial charge >= 0.3 is 0 Å². The van der Waals surface area contributed by atoms with Gasteiger partial charge in [0, 0.05) is 27.5 Å². The predicted octanol–water partition coefficient (Wildman–Crippen LogP) is 4.66. The monoisotopic (exact) mass is 381 g/mol. The minimum atomic E-state index is -0.318. The first kappa shape index (κ1) is 15.5. The van der Waals surface area contributed by atoms with E-state index in [1.54, 1.807) is 12.1 Å². The molecule has 0 aromatic heterocycles. The van der Waals surface area contributed by atoms with Crippen molar-refractivity contribution in [1.29, 1.82) is 0 Å². The molecule has 1 amide bonds. The number of benzene rings is 2. The fraction of sp³-hybridized carbons (Fsp3) is 0.235. The first-order valence-electron chi connectivity index (χ1n) is 7.02. The maximum absolute atomic E-state index is 13.6. The lowest BCUT2D eigenvalue weighted by molar-refractivity contribution is -0.122. The van der Waals surface area contributed by atoms with Crippen molar-refractivity contribution < 1.29 is 9.18 Å². The summed E-state index contributed by atoms with van der Waals surface area (Å²) in [6.07, 6.45) is 0.788. The number of amides is 1. The second-order valence-corrected chi connectivity index (χ2v) is 6.75. The summed E-state index contributed by atoms with van der Waals surface area (Å²) in [6, 6.07) is 12.3. The Labute approximate surface area is 141 Å². The zero-order valence-electron chi connectivity index (χ0n) is 11.7. The van der Waals surface area contributed by atoms with Crippen LogP contribution in [0.1, 0.15) is 23.5 Å². The summed E-state index contributed by atoms with van der Waals surface area (Å²) in [5, 5.41) is 3.50. The molecule has 2 aromatic rings. The van der Waals surface area contributed by atoms with Crippen LogP contribution < -0.4 is 5.32 Å². The lowest BCUT2D eigenvalue weighted by Crippen LogP contribution is -2.25. The SMILES string of the molecule is O=C(NCc1cc(Br)ccc1F)C1CC1c1ccccc1Cl. The highest BCUT2D eigenvalue weighted by molar-refractivity contribution is 9.10. The van der Waals surface area contributed by atoms with Crippen molar-refractivity contribution >= 4 is 33.4 Å². The first-order valence-corrected chi connectivity index (χ1v) is 8.19. The highest BCUT2D eigenvalue weighted by Gasteiger charge is 2.44.